The minimum atomic E-state index is 0.423. The number of nitrogens with zero attached hydrogens (tertiary/aromatic N) is 3. The molecule has 0 atom stereocenters. The minimum absolute atomic E-state index is 0.423. The predicted molar refractivity (Wildman–Crippen MR) is 85.7 cm³/mol. The molecule has 0 aromatic carbocycles. The third-order valence-electron chi connectivity index (χ3n) is 4.02. The van der Waals surface area contributed by atoms with Gasteiger partial charge in [-0.2, -0.15) is 0 Å². The maximum absolute atomic E-state index is 5.10. The summed E-state index contributed by atoms with van der Waals surface area (Å²) in [7, 11) is 5.72. The van der Waals surface area contributed by atoms with Crippen molar-refractivity contribution in [1.29, 1.82) is 0 Å². The fourth-order valence-corrected chi connectivity index (χ4v) is 2.80. The highest BCUT2D eigenvalue weighted by Gasteiger charge is 2.18. The molecule has 0 bridgehead atoms. The number of methoxy groups -OCH3 is 1. The molecule has 0 aliphatic heterocycles. The van der Waals surface area contributed by atoms with Crippen molar-refractivity contribution >= 4 is 11.6 Å². The lowest BCUT2D eigenvalue weighted by Crippen LogP contribution is -2.33. The molecule has 21 heavy (non-hydrogen) atoms. The van der Waals surface area contributed by atoms with Gasteiger partial charge in [-0.15, -0.1) is 0 Å². The second kappa shape index (κ2) is 8.14. The molecule has 0 saturated heterocycles. The monoisotopic (exact) mass is 293 g/mol. The largest absolute Gasteiger partial charge is 0.377 e. The third kappa shape index (κ3) is 4.82. The van der Waals surface area contributed by atoms with Gasteiger partial charge in [-0.1, -0.05) is 12.8 Å². The number of anilines is 2. The van der Waals surface area contributed by atoms with Crippen molar-refractivity contribution < 1.29 is 4.74 Å². The zero-order valence-corrected chi connectivity index (χ0v) is 13.4. The molecular formula is C15H27N5O. The van der Waals surface area contributed by atoms with Crippen LogP contribution in [0.1, 0.15) is 31.5 Å². The normalized spacial score (nSPS) is 15.6. The molecule has 0 amide bonds. The summed E-state index contributed by atoms with van der Waals surface area (Å²) in [5.74, 6) is 2.35. The fourth-order valence-electron chi connectivity index (χ4n) is 2.80. The van der Waals surface area contributed by atoms with Crippen LogP contribution in [0.15, 0.2) is 6.07 Å². The molecule has 0 unspecified atom stereocenters. The summed E-state index contributed by atoms with van der Waals surface area (Å²) in [5.41, 5.74) is 0. The first kappa shape index (κ1) is 16.0. The molecule has 0 radical (unpaired) electrons. The Labute approximate surface area is 127 Å². The first-order valence-electron chi connectivity index (χ1n) is 7.71. The highest BCUT2D eigenvalue weighted by atomic mass is 16.5. The smallest absolute Gasteiger partial charge is 0.158 e. The van der Waals surface area contributed by atoms with Crippen molar-refractivity contribution in [2.45, 2.75) is 38.3 Å². The second-order valence-corrected chi connectivity index (χ2v) is 5.58. The molecule has 1 aromatic rings. The molecule has 1 aliphatic carbocycles. The molecule has 1 saturated carbocycles. The van der Waals surface area contributed by atoms with Gasteiger partial charge >= 0.3 is 0 Å². The van der Waals surface area contributed by atoms with E-state index in [2.05, 4.69) is 32.5 Å². The average molecular weight is 293 g/mol. The minimum Gasteiger partial charge on any atom is -0.377 e. The van der Waals surface area contributed by atoms with Crippen molar-refractivity contribution in [1.82, 2.24) is 14.9 Å². The van der Waals surface area contributed by atoms with Gasteiger partial charge in [-0.3, -0.25) is 0 Å². The number of hydrogen-bond donors (Lipinski definition) is 2. The molecule has 1 fully saturated rings. The van der Waals surface area contributed by atoms with Crippen LogP contribution in [0.3, 0.4) is 0 Å². The number of aromatic nitrogens is 2. The van der Waals surface area contributed by atoms with E-state index >= 15 is 0 Å². The van der Waals surface area contributed by atoms with Gasteiger partial charge in [0.05, 0.1) is 0 Å². The van der Waals surface area contributed by atoms with Crippen LogP contribution in [0.2, 0.25) is 0 Å². The van der Waals surface area contributed by atoms with Gasteiger partial charge in [0.15, 0.2) is 5.82 Å². The van der Waals surface area contributed by atoms with Gasteiger partial charge in [0.25, 0.3) is 0 Å². The average Bonchev–Trinajstić information content (AvgIpc) is 3.01. The number of nitrogens with one attached hydrogen (secondary N) is 2. The Balaban J connectivity index is 1.85. The van der Waals surface area contributed by atoms with Crippen LogP contribution < -0.4 is 10.6 Å². The van der Waals surface area contributed by atoms with Crippen LogP contribution in [0, 0.1) is 0 Å². The molecule has 1 aliphatic rings. The summed E-state index contributed by atoms with van der Waals surface area (Å²) in [6, 6.07) is 2.68. The van der Waals surface area contributed by atoms with Crippen LogP contribution in [0.5, 0.6) is 0 Å². The van der Waals surface area contributed by atoms with E-state index in [1.54, 1.807) is 7.11 Å². The summed E-state index contributed by atoms with van der Waals surface area (Å²) in [4.78, 5) is 11.3. The first-order valence-corrected chi connectivity index (χ1v) is 7.71. The van der Waals surface area contributed by atoms with Crippen molar-refractivity contribution in [3.05, 3.63) is 11.9 Å². The molecule has 1 heterocycles. The number of ether oxygens (including phenoxy) is 1. The zero-order valence-electron chi connectivity index (χ0n) is 13.4. The molecule has 6 nitrogen and oxygen atoms in total. The van der Waals surface area contributed by atoms with Gasteiger partial charge in [-0.05, 0) is 19.9 Å². The number of likely N-dealkylation sites (N-methyl/N-ethyl adjacent to an activating group) is 1. The summed E-state index contributed by atoms with van der Waals surface area (Å²) in [6.45, 7) is 2.34. The van der Waals surface area contributed by atoms with Crippen LogP contribution in [0.4, 0.5) is 11.6 Å². The SMILES string of the molecule is CNc1cc(NCCN(C)C2CCCC2)nc(COC)n1. The van der Waals surface area contributed by atoms with Crippen molar-refractivity contribution in [3.8, 4) is 0 Å². The first-order chi connectivity index (χ1) is 10.2. The van der Waals surface area contributed by atoms with E-state index in [1.807, 2.05) is 13.1 Å². The molecule has 0 spiro atoms. The van der Waals surface area contributed by atoms with E-state index in [-0.39, 0.29) is 0 Å². The van der Waals surface area contributed by atoms with Gasteiger partial charge < -0.3 is 20.3 Å². The Bertz CT molecular complexity index is 434. The van der Waals surface area contributed by atoms with E-state index < -0.39 is 0 Å². The molecule has 2 rings (SSSR count). The zero-order chi connectivity index (χ0) is 15.1. The summed E-state index contributed by atoms with van der Waals surface area (Å²) < 4.78 is 5.10. The third-order valence-corrected chi connectivity index (χ3v) is 4.02. The Kier molecular flexibility index (Phi) is 6.20. The maximum Gasteiger partial charge on any atom is 0.158 e. The van der Waals surface area contributed by atoms with Crippen molar-refractivity contribution in [2.75, 3.05) is 44.9 Å². The van der Waals surface area contributed by atoms with Crippen LogP contribution >= 0.6 is 0 Å². The standard InChI is InChI=1S/C15H27N5O/c1-16-13-10-14(19-15(18-13)11-21-3)17-8-9-20(2)12-6-4-5-7-12/h10,12H,4-9,11H2,1-3H3,(H2,16,17,18,19). The Morgan fingerprint density at radius 1 is 1.29 bits per heavy atom. The van der Waals surface area contributed by atoms with Crippen LogP contribution in [0.25, 0.3) is 0 Å². The van der Waals surface area contributed by atoms with Crippen LogP contribution in [-0.4, -0.2) is 55.2 Å². The highest BCUT2D eigenvalue weighted by Crippen LogP contribution is 2.22. The fraction of sp³-hybridized carbons (Fsp3) is 0.733. The van der Waals surface area contributed by atoms with Gasteiger partial charge in [0.1, 0.15) is 18.2 Å². The van der Waals surface area contributed by atoms with Crippen molar-refractivity contribution in [2.24, 2.45) is 0 Å². The van der Waals surface area contributed by atoms with E-state index in [9.17, 15) is 0 Å². The van der Waals surface area contributed by atoms with Gasteiger partial charge in [0, 0.05) is 39.4 Å². The van der Waals surface area contributed by atoms with Crippen molar-refractivity contribution in [3.63, 3.8) is 0 Å². The van der Waals surface area contributed by atoms with E-state index in [0.717, 1.165) is 30.8 Å². The summed E-state index contributed by atoms with van der Waals surface area (Å²) in [5, 5.41) is 6.44. The Morgan fingerprint density at radius 2 is 2.00 bits per heavy atom. The molecule has 1 aromatic heterocycles. The van der Waals surface area contributed by atoms with Gasteiger partial charge in [0.2, 0.25) is 0 Å². The quantitative estimate of drug-likeness (QED) is 0.764. The van der Waals surface area contributed by atoms with E-state index in [0.29, 0.717) is 12.4 Å². The highest BCUT2D eigenvalue weighted by molar-refractivity contribution is 5.47. The lowest BCUT2D eigenvalue weighted by atomic mass is 10.2. The topological polar surface area (TPSA) is 62.3 Å². The lowest BCUT2D eigenvalue weighted by molar-refractivity contribution is 0.178. The molecule has 2 N–H and O–H groups in total. The second-order valence-electron chi connectivity index (χ2n) is 5.58. The Hall–Kier alpha value is -1.40. The summed E-state index contributed by atoms with van der Waals surface area (Å²) in [6.07, 6.45) is 5.43. The van der Waals surface area contributed by atoms with E-state index in [1.165, 1.54) is 25.7 Å². The Morgan fingerprint density at radius 3 is 2.67 bits per heavy atom. The molecule has 118 valence electrons. The number of rotatable bonds is 8. The van der Waals surface area contributed by atoms with Gasteiger partial charge in [-0.25, -0.2) is 9.97 Å². The summed E-state index contributed by atoms with van der Waals surface area (Å²) >= 11 is 0. The number of hydrogen-bond acceptors (Lipinski definition) is 6. The van der Waals surface area contributed by atoms with E-state index in [4.69, 9.17) is 4.74 Å². The maximum atomic E-state index is 5.10. The lowest BCUT2D eigenvalue weighted by Gasteiger charge is -2.24. The van der Waals surface area contributed by atoms with Crippen LogP contribution in [-0.2, 0) is 11.3 Å². The molecular weight excluding hydrogens is 266 g/mol. The predicted octanol–water partition coefficient (Wildman–Crippen LogP) is 1.95. The molecule has 6 heteroatoms.